The maximum Gasteiger partial charge on any atom is 0.472 e. The van der Waals surface area contributed by atoms with Crippen LogP contribution in [0, 0.1) is 0 Å². The van der Waals surface area contributed by atoms with Crippen LogP contribution in [0.25, 0.3) is 0 Å². The number of carbonyl (C=O) groups is 1. The number of aliphatic hydroxyl groups is 5. The molecule has 0 aliphatic heterocycles. The normalized spacial score (nSPS) is 21.7. The third kappa shape index (κ3) is 33.5. The maximum atomic E-state index is 12.8. The van der Waals surface area contributed by atoms with Crippen molar-refractivity contribution in [2.75, 3.05) is 19.8 Å². The van der Waals surface area contributed by atoms with Gasteiger partial charge >= 0.3 is 13.8 Å². The van der Waals surface area contributed by atoms with Gasteiger partial charge in [0, 0.05) is 13.0 Å². The van der Waals surface area contributed by atoms with Crippen LogP contribution in [0.5, 0.6) is 0 Å². The quantitative estimate of drug-likeness (QED) is 0.0193. The largest absolute Gasteiger partial charge is 0.472 e. The van der Waals surface area contributed by atoms with Crippen molar-refractivity contribution in [3.63, 3.8) is 0 Å². The van der Waals surface area contributed by atoms with Crippen LogP contribution in [0.1, 0.15) is 251 Å². The summed E-state index contributed by atoms with van der Waals surface area (Å²) in [5.74, 6) is -0.470. The molecule has 12 nitrogen and oxygen atoms in total. The van der Waals surface area contributed by atoms with E-state index in [1.165, 1.54) is 186 Å². The van der Waals surface area contributed by atoms with Crippen molar-refractivity contribution in [1.82, 2.24) is 0 Å². The number of rotatable bonds is 46. The molecule has 63 heavy (non-hydrogen) atoms. The van der Waals surface area contributed by atoms with Crippen LogP contribution in [-0.4, -0.2) is 98.9 Å². The second-order valence-corrected chi connectivity index (χ2v) is 20.2. The fraction of sp³-hybridized carbons (Fsp3) is 0.980. The first-order chi connectivity index (χ1) is 30.5. The van der Waals surface area contributed by atoms with E-state index in [1.54, 1.807) is 0 Å². The molecule has 13 heteroatoms. The van der Waals surface area contributed by atoms with Crippen molar-refractivity contribution >= 4 is 13.8 Å². The number of esters is 1. The number of hydrogen-bond acceptors (Lipinski definition) is 11. The van der Waals surface area contributed by atoms with Crippen molar-refractivity contribution in [2.45, 2.75) is 294 Å². The lowest BCUT2D eigenvalue weighted by Crippen LogP contribution is -2.64. The van der Waals surface area contributed by atoms with Crippen LogP contribution in [-0.2, 0) is 27.9 Å². The first-order valence-corrected chi connectivity index (χ1v) is 27.9. The van der Waals surface area contributed by atoms with E-state index in [2.05, 4.69) is 13.8 Å². The van der Waals surface area contributed by atoms with Gasteiger partial charge in [-0.2, -0.15) is 0 Å². The molecule has 0 aromatic heterocycles. The van der Waals surface area contributed by atoms with Crippen LogP contribution >= 0.6 is 7.82 Å². The zero-order chi connectivity index (χ0) is 46.2. The molecule has 0 radical (unpaired) electrons. The van der Waals surface area contributed by atoms with Gasteiger partial charge in [-0.3, -0.25) is 13.8 Å². The van der Waals surface area contributed by atoms with Crippen molar-refractivity contribution < 1.29 is 58.3 Å². The van der Waals surface area contributed by atoms with E-state index >= 15 is 0 Å². The Balaban J connectivity index is 2.27. The van der Waals surface area contributed by atoms with Crippen LogP contribution in [0.2, 0.25) is 0 Å². The third-order valence-corrected chi connectivity index (χ3v) is 13.7. The molecule has 0 heterocycles. The minimum Gasteiger partial charge on any atom is -0.457 e. The van der Waals surface area contributed by atoms with E-state index in [0.29, 0.717) is 13.0 Å². The van der Waals surface area contributed by atoms with E-state index in [1.807, 2.05) is 0 Å². The van der Waals surface area contributed by atoms with Crippen LogP contribution in [0.15, 0.2) is 0 Å². The molecule has 1 saturated carbocycles. The van der Waals surface area contributed by atoms with E-state index in [0.717, 1.165) is 38.5 Å². The lowest BCUT2D eigenvalue weighted by Gasteiger charge is -2.41. The number of hydrogen-bond donors (Lipinski definition) is 6. The molecule has 0 spiro atoms. The Kier molecular flexibility index (Phi) is 39.8. The zero-order valence-corrected chi connectivity index (χ0v) is 41.3. The Hall–Kier alpha value is -0.660. The van der Waals surface area contributed by atoms with Crippen molar-refractivity contribution in [3.05, 3.63) is 0 Å². The van der Waals surface area contributed by atoms with Gasteiger partial charge in [-0.05, 0) is 12.8 Å². The molecule has 1 aliphatic carbocycles. The fourth-order valence-corrected chi connectivity index (χ4v) is 9.51. The average Bonchev–Trinajstić information content (AvgIpc) is 3.27. The molecule has 1 fully saturated rings. The van der Waals surface area contributed by atoms with E-state index in [4.69, 9.17) is 18.5 Å². The van der Waals surface area contributed by atoms with Crippen molar-refractivity contribution in [1.29, 1.82) is 0 Å². The topological polar surface area (TPSA) is 192 Å². The van der Waals surface area contributed by atoms with Gasteiger partial charge in [-0.15, -0.1) is 0 Å². The summed E-state index contributed by atoms with van der Waals surface area (Å²) in [7, 11) is -5.01. The molecule has 1 rings (SSSR count). The SMILES string of the molecule is CCCCCCCCCCCCCCCCCCCCCCCCCOCC(COP(=O)(O)OC1C(O)C(O)C(O)C(O)C1O)OC(=O)CCCCCCCCCCCCCCC. The lowest BCUT2D eigenvalue weighted by atomic mass is 9.85. The molecular formula is C50H99O12P. The number of phosphoric ester groups is 1. The molecule has 1 aliphatic rings. The van der Waals surface area contributed by atoms with E-state index in [9.17, 15) is 39.8 Å². The number of phosphoric acid groups is 1. The summed E-state index contributed by atoms with van der Waals surface area (Å²) < 4.78 is 34.3. The summed E-state index contributed by atoms with van der Waals surface area (Å²) in [6.45, 7) is 4.31. The molecule has 0 amide bonds. The molecule has 376 valence electrons. The maximum absolute atomic E-state index is 12.8. The molecule has 0 aromatic rings. The highest BCUT2D eigenvalue weighted by molar-refractivity contribution is 7.47. The molecule has 0 aromatic carbocycles. The predicted molar refractivity (Wildman–Crippen MR) is 254 cm³/mol. The standard InChI is InChI=1S/C50H99O12P/c1-3-5-7-9-11-13-15-17-18-19-20-21-22-23-24-25-26-28-30-32-34-36-38-40-59-41-43(42-60-63(57,58)62-50-48(55)46(53)45(52)47(54)49(50)56)61-44(51)39-37-35-33-31-29-27-16-14-12-10-8-6-4-2/h43,45-50,52-56H,3-42H2,1-2H3,(H,57,58). The highest BCUT2D eigenvalue weighted by Crippen LogP contribution is 2.47. The highest BCUT2D eigenvalue weighted by Gasteiger charge is 2.51. The van der Waals surface area contributed by atoms with E-state index in [-0.39, 0.29) is 13.0 Å². The predicted octanol–water partition coefficient (Wildman–Crippen LogP) is 11.7. The summed E-state index contributed by atoms with van der Waals surface area (Å²) in [6.07, 6.45) is 33.2. The monoisotopic (exact) mass is 923 g/mol. The summed E-state index contributed by atoms with van der Waals surface area (Å²) in [6, 6.07) is 0. The third-order valence-electron chi connectivity index (χ3n) is 12.7. The molecule has 0 saturated heterocycles. The van der Waals surface area contributed by atoms with Gasteiger partial charge in [0.25, 0.3) is 0 Å². The second-order valence-electron chi connectivity index (χ2n) is 18.7. The van der Waals surface area contributed by atoms with E-state index < -0.39 is 63.1 Å². The molecular weight excluding hydrogens is 824 g/mol. The zero-order valence-electron chi connectivity index (χ0n) is 40.4. The fourth-order valence-electron chi connectivity index (χ4n) is 8.54. The van der Waals surface area contributed by atoms with Crippen LogP contribution in [0.3, 0.4) is 0 Å². The number of aliphatic hydroxyl groups excluding tert-OH is 5. The van der Waals surface area contributed by atoms with Crippen LogP contribution in [0.4, 0.5) is 0 Å². The summed E-state index contributed by atoms with van der Waals surface area (Å²) in [5, 5.41) is 50.3. The second kappa shape index (κ2) is 41.5. The molecule has 6 unspecified atom stereocenters. The smallest absolute Gasteiger partial charge is 0.457 e. The van der Waals surface area contributed by atoms with Gasteiger partial charge < -0.3 is 39.9 Å². The van der Waals surface area contributed by atoms with Gasteiger partial charge in [0.2, 0.25) is 0 Å². The minimum atomic E-state index is -5.01. The lowest BCUT2D eigenvalue weighted by molar-refractivity contribution is -0.220. The highest BCUT2D eigenvalue weighted by atomic mass is 31.2. The Morgan fingerprint density at radius 1 is 0.444 bits per heavy atom. The Bertz CT molecular complexity index is 1050. The molecule has 6 atom stereocenters. The van der Waals surface area contributed by atoms with Crippen molar-refractivity contribution in [3.8, 4) is 0 Å². The van der Waals surface area contributed by atoms with Crippen LogP contribution < -0.4 is 0 Å². The minimum absolute atomic E-state index is 0.0675. The first-order valence-electron chi connectivity index (χ1n) is 26.4. The number of unbranched alkanes of at least 4 members (excludes halogenated alkanes) is 34. The van der Waals surface area contributed by atoms with Gasteiger partial charge in [0.1, 0.15) is 42.7 Å². The summed E-state index contributed by atoms with van der Waals surface area (Å²) in [5.41, 5.74) is 0. The van der Waals surface area contributed by atoms with Gasteiger partial charge in [-0.1, -0.05) is 232 Å². The molecule has 0 bridgehead atoms. The summed E-state index contributed by atoms with van der Waals surface area (Å²) in [4.78, 5) is 23.2. The average molecular weight is 923 g/mol. The summed E-state index contributed by atoms with van der Waals surface area (Å²) >= 11 is 0. The first kappa shape index (κ1) is 60.4. The van der Waals surface area contributed by atoms with Gasteiger partial charge in [-0.25, -0.2) is 4.57 Å². The Morgan fingerprint density at radius 2 is 0.746 bits per heavy atom. The Labute approximate surface area is 385 Å². The van der Waals surface area contributed by atoms with Crippen molar-refractivity contribution in [2.24, 2.45) is 0 Å². The van der Waals surface area contributed by atoms with Gasteiger partial charge in [0.15, 0.2) is 0 Å². The van der Waals surface area contributed by atoms with Gasteiger partial charge in [0.05, 0.1) is 13.2 Å². The number of ether oxygens (including phenoxy) is 2. The molecule has 6 N–H and O–H groups in total. The number of carbonyl (C=O) groups excluding carboxylic acids is 1. The Morgan fingerprint density at radius 3 is 1.10 bits per heavy atom.